The molecule has 0 spiro atoms. The van der Waals surface area contributed by atoms with Crippen molar-refractivity contribution in [1.82, 2.24) is 9.80 Å². The lowest BCUT2D eigenvalue weighted by atomic mass is 9.86. The average Bonchev–Trinajstić information content (AvgIpc) is 3.36. The first-order chi connectivity index (χ1) is 15.6. The molecule has 2 unspecified atom stereocenters. The number of nitrogens with zero attached hydrogens (tertiary/aromatic N) is 2. The SMILES string of the molecule is Cc1cccc(C(=O)N(CC2CN(Cc3cccs3)CC2c2ccccc2C)C2CC2)c1. The summed E-state index contributed by atoms with van der Waals surface area (Å²) < 4.78 is 0. The minimum absolute atomic E-state index is 0.205. The van der Waals surface area contributed by atoms with Gasteiger partial charge >= 0.3 is 0 Å². The van der Waals surface area contributed by atoms with E-state index in [0.29, 0.717) is 17.9 Å². The summed E-state index contributed by atoms with van der Waals surface area (Å²) >= 11 is 1.84. The normalized spacial score (nSPS) is 21.1. The fraction of sp³-hybridized carbons (Fsp3) is 0.393. The maximum atomic E-state index is 13.5. The molecule has 4 heteroatoms. The highest BCUT2D eigenvalue weighted by Crippen LogP contribution is 2.38. The van der Waals surface area contributed by atoms with E-state index in [-0.39, 0.29) is 5.91 Å². The molecule has 2 fully saturated rings. The largest absolute Gasteiger partial charge is 0.335 e. The number of carbonyl (C=O) groups is 1. The van der Waals surface area contributed by atoms with Crippen LogP contribution in [0.3, 0.4) is 0 Å². The van der Waals surface area contributed by atoms with Gasteiger partial charge in [0, 0.05) is 48.6 Å². The smallest absolute Gasteiger partial charge is 0.254 e. The average molecular weight is 445 g/mol. The summed E-state index contributed by atoms with van der Waals surface area (Å²) in [6.45, 7) is 8.24. The number of hydrogen-bond acceptors (Lipinski definition) is 3. The summed E-state index contributed by atoms with van der Waals surface area (Å²) in [5.74, 6) is 1.12. The van der Waals surface area contributed by atoms with Crippen LogP contribution in [0.1, 0.15) is 50.7 Å². The van der Waals surface area contributed by atoms with Crippen LogP contribution in [-0.2, 0) is 6.54 Å². The highest BCUT2D eigenvalue weighted by Gasteiger charge is 2.40. The minimum Gasteiger partial charge on any atom is -0.335 e. The van der Waals surface area contributed by atoms with Crippen LogP contribution in [0.5, 0.6) is 0 Å². The predicted octanol–water partition coefficient (Wildman–Crippen LogP) is 5.89. The number of benzene rings is 2. The van der Waals surface area contributed by atoms with E-state index in [2.05, 4.69) is 71.5 Å². The molecule has 1 aliphatic heterocycles. The molecule has 32 heavy (non-hydrogen) atoms. The van der Waals surface area contributed by atoms with Crippen LogP contribution in [0.4, 0.5) is 0 Å². The topological polar surface area (TPSA) is 23.6 Å². The first-order valence-electron chi connectivity index (χ1n) is 11.8. The molecule has 2 aromatic carbocycles. The quantitative estimate of drug-likeness (QED) is 0.454. The lowest BCUT2D eigenvalue weighted by Gasteiger charge is -2.29. The highest BCUT2D eigenvalue weighted by molar-refractivity contribution is 7.09. The molecular weight excluding hydrogens is 412 g/mol. The third-order valence-corrected chi connectivity index (χ3v) is 7.87. The minimum atomic E-state index is 0.205. The summed E-state index contributed by atoms with van der Waals surface area (Å²) in [6, 6.07) is 21.7. The van der Waals surface area contributed by atoms with Crippen LogP contribution >= 0.6 is 11.3 Å². The Kier molecular flexibility index (Phi) is 6.16. The van der Waals surface area contributed by atoms with Crippen LogP contribution in [0, 0.1) is 19.8 Å². The van der Waals surface area contributed by atoms with Crippen molar-refractivity contribution in [2.24, 2.45) is 5.92 Å². The van der Waals surface area contributed by atoms with Crippen molar-refractivity contribution in [2.45, 2.75) is 45.2 Å². The Morgan fingerprint density at radius 3 is 2.59 bits per heavy atom. The number of rotatable bonds is 7. The number of likely N-dealkylation sites (tertiary alicyclic amines) is 1. The molecular formula is C28H32N2OS. The van der Waals surface area contributed by atoms with Crippen molar-refractivity contribution >= 4 is 17.2 Å². The molecule has 2 atom stereocenters. The molecule has 1 amide bonds. The van der Waals surface area contributed by atoms with Gasteiger partial charge in [-0.3, -0.25) is 9.69 Å². The summed E-state index contributed by atoms with van der Waals surface area (Å²) in [5.41, 5.74) is 4.79. The zero-order chi connectivity index (χ0) is 22.1. The van der Waals surface area contributed by atoms with Crippen molar-refractivity contribution in [2.75, 3.05) is 19.6 Å². The summed E-state index contributed by atoms with van der Waals surface area (Å²) in [6.07, 6.45) is 2.27. The molecule has 2 aliphatic rings. The van der Waals surface area contributed by atoms with Crippen LogP contribution in [-0.4, -0.2) is 41.4 Å². The third-order valence-electron chi connectivity index (χ3n) is 7.01. The van der Waals surface area contributed by atoms with Crippen molar-refractivity contribution in [3.63, 3.8) is 0 Å². The molecule has 5 rings (SSSR count). The Labute approximate surface area is 195 Å². The van der Waals surface area contributed by atoms with Gasteiger partial charge in [0.05, 0.1) is 0 Å². The Hall–Kier alpha value is -2.43. The van der Waals surface area contributed by atoms with E-state index in [4.69, 9.17) is 0 Å². The van der Waals surface area contributed by atoms with Gasteiger partial charge < -0.3 is 4.90 Å². The monoisotopic (exact) mass is 444 g/mol. The molecule has 3 nitrogen and oxygen atoms in total. The zero-order valence-corrected chi connectivity index (χ0v) is 19.9. The molecule has 0 bridgehead atoms. The van der Waals surface area contributed by atoms with E-state index in [1.807, 2.05) is 29.5 Å². The van der Waals surface area contributed by atoms with Gasteiger partial charge in [0.1, 0.15) is 0 Å². The van der Waals surface area contributed by atoms with Gasteiger partial charge in [-0.2, -0.15) is 0 Å². The van der Waals surface area contributed by atoms with Crippen LogP contribution in [0.25, 0.3) is 0 Å². The number of amides is 1. The number of hydrogen-bond donors (Lipinski definition) is 0. The molecule has 166 valence electrons. The number of thiophene rings is 1. The van der Waals surface area contributed by atoms with Gasteiger partial charge in [0.2, 0.25) is 0 Å². The van der Waals surface area contributed by atoms with Crippen LogP contribution < -0.4 is 0 Å². The van der Waals surface area contributed by atoms with E-state index >= 15 is 0 Å². The Morgan fingerprint density at radius 1 is 1.03 bits per heavy atom. The Morgan fingerprint density at radius 2 is 1.88 bits per heavy atom. The van der Waals surface area contributed by atoms with Gasteiger partial charge in [-0.1, -0.05) is 48.0 Å². The second kappa shape index (κ2) is 9.21. The Balaban J connectivity index is 1.40. The molecule has 1 saturated heterocycles. The van der Waals surface area contributed by atoms with E-state index in [1.54, 1.807) is 0 Å². The highest BCUT2D eigenvalue weighted by atomic mass is 32.1. The molecule has 2 heterocycles. The van der Waals surface area contributed by atoms with E-state index in [0.717, 1.165) is 50.1 Å². The van der Waals surface area contributed by atoms with Crippen molar-refractivity contribution < 1.29 is 4.79 Å². The summed E-state index contributed by atoms with van der Waals surface area (Å²) in [7, 11) is 0. The van der Waals surface area contributed by atoms with Gasteiger partial charge in [0.25, 0.3) is 5.91 Å². The number of aryl methyl sites for hydroxylation is 2. The lowest BCUT2D eigenvalue weighted by molar-refractivity contribution is 0.0710. The van der Waals surface area contributed by atoms with Crippen LogP contribution in [0.15, 0.2) is 66.0 Å². The van der Waals surface area contributed by atoms with E-state index in [9.17, 15) is 4.79 Å². The second-order valence-electron chi connectivity index (χ2n) is 9.55. The van der Waals surface area contributed by atoms with E-state index in [1.165, 1.54) is 16.0 Å². The Bertz CT molecular complexity index is 1070. The standard InChI is InChI=1S/C28H32N2OS/c1-20-7-5-9-22(15-20)28(31)30(24-12-13-24)17-23-16-29(18-25-10-6-14-32-25)19-27(23)26-11-4-3-8-21(26)2/h3-11,14-15,23-24,27H,12-13,16-19H2,1-2H3. The predicted molar refractivity (Wildman–Crippen MR) is 132 cm³/mol. The van der Waals surface area contributed by atoms with Gasteiger partial charge in [-0.25, -0.2) is 0 Å². The molecule has 0 radical (unpaired) electrons. The van der Waals surface area contributed by atoms with Gasteiger partial charge in [-0.05, 0) is 67.3 Å². The molecule has 3 aromatic rings. The third kappa shape index (κ3) is 4.67. The van der Waals surface area contributed by atoms with Crippen molar-refractivity contribution in [3.8, 4) is 0 Å². The van der Waals surface area contributed by atoms with Crippen molar-refractivity contribution in [1.29, 1.82) is 0 Å². The van der Waals surface area contributed by atoms with Gasteiger partial charge in [-0.15, -0.1) is 11.3 Å². The maximum Gasteiger partial charge on any atom is 0.254 e. The molecule has 1 aromatic heterocycles. The fourth-order valence-corrected chi connectivity index (χ4v) is 5.98. The fourth-order valence-electron chi connectivity index (χ4n) is 5.23. The van der Waals surface area contributed by atoms with Crippen molar-refractivity contribution in [3.05, 3.63) is 93.2 Å². The molecule has 1 aliphatic carbocycles. The lowest BCUT2D eigenvalue weighted by Crippen LogP contribution is -2.39. The number of carbonyl (C=O) groups excluding carboxylic acids is 1. The van der Waals surface area contributed by atoms with Crippen LogP contribution in [0.2, 0.25) is 0 Å². The van der Waals surface area contributed by atoms with Gasteiger partial charge in [0.15, 0.2) is 0 Å². The first-order valence-corrected chi connectivity index (χ1v) is 12.6. The molecule has 0 N–H and O–H groups in total. The summed E-state index contributed by atoms with van der Waals surface area (Å²) in [5, 5.41) is 2.16. The summed E-state index contributed by atoms with van der Waals surface area (Å²) in [4.78, 5) is 19.7. The first kappa shape index (κ1) is 21.4. The second-order valence-corrected chi connectivity index (χ2v) is 10.6. The molecule has 1 saturated carbocycles. The van der Waals surface area contributed by atoms with E-state index < -0.39 is 0 Å². The zero-order valence-electron chi connectivity index (χ0n) is 19.0. The maximum absolute atomic E-state index is 13.5.